The average Bonchev–Trinajstić information content (AvgIpc) is 3.54. The number of amides is 1. The van der Waals surface area contributed by atoms with Crippen LogP contribution in [-0.4, -0.2) is 73.9 Å². The van der Waals surface area contributed by atoms with Crippen LogP contribution in [0.2, 0.25) is 0 Å². The molecule has 8 rings (SSSR count). The molecular weight excluding hydrogens is 667 g/mol. The maximum Gasteiger partial charge on any atom is 0.405 e. The number of pyridine rings is 1. The van der Waals surface area contributed by atoms with Gasteiger partial charge in [0.1, 0.15) is 11.6 Å². The van der Waals surface area contributed by atoms with Gasteiger partial charge >= 0.3 is 6.09 Å². The highest BCUT2D eigenvalue weighted by Crippen LogP contribution is 2.40. The quantitative estimate of drug-likeness (QED) is 0.150. The molecule has 3 aromatic heterocycles. The summed E-state index contributed by atoms with van der Waals surface area (Å²) in [5, 5.41) is 17.3. The third-order valence-electron chi connectivity index (χ3n) is 10.2. The number of fused-ring (bicyclic) bond motifs is 2. The molecule has 2 aliphatic heterocycles. The first-order chi connectivity index (χ1) is 25.9. The summed E-state index contributed by atoms with van der Waals surface area (Å²) in [6.45, 7) is 4.50. The molecule has 268 valence electrons. The minimum Gasteiger partial charge on any atom is -0.497 e. The lowest BCUT2D eigenvalue weighted by molar-refractivity contribution is 0.173. The number of hydrogen-bond acceptors (Lipinski definition) is 9. The summed E-state index contributed by atoms with van der Waals surface area (Å²) >= 11 is 0. The standard InChI is InChI=1S/C41H41N9O3/c1-41(46-40(51)52)20-24-48(25-21-41)34-26-43-36-38(44-34)50(27-28-15-17-31(53-2)18-16-28)47-39(36)49-23-9-14-32-33(49)19-22-42-37(32)45-35(29-10-5-3-6-11-29)30-12-7-4-8-13-30/h3-8,10-13,15-19,22,26,46H,9,14,20-21,23-25,27H2,1-2H3,(H,51,52). The number of nitrogens with zero attached hydrogens (tertiary/aromatic N) is 8. The summed E-state index contributed by atoms with van der Waals surface area (Å²) in [6, 6.07) is 30.5. The first-order valence-corrected chi connectivity index (χ1v) is 17.9. The van der Waals surface area contributed by atoms with Crippen LogP contribution in [0.1, 0.15) is 48.4 Å². The fourth-order valence-electron chi connectivity index (χ4n) is 7.29. The van der Waals surface area contributed by atoms with Crippen molar-refractivity contribution in [3.63, 3.8) is 0 Å². The van der Waals surface area contributed by atoms with Crippen LogP contribution in [0, 0.1) is 0 Å². The maximum atomic E-state index is 11.4. The highest BCUT2D eigenvalue weighted by molar-refractivity contribution is 6.14. The Bertz CT molecular complexity index is 2220. The molecule has 1 amide bonds. The van der Waals surface area contributed by atoms with Gasteiger partial charge in [-0.1, -0.05) is 72.8 Å². The van der Waals surface area contributed by atoms with E-state index in [-0.39, 0.29) is 0 Å². The minimum atomic E-state index is -1.00. The predicted octanol–water partition coefficient (Wildman–Crippen LogP) is 7.16. The second-order valence-electron chi connectivity index (χ2n) is 13.8. The molecule has 6 aromatic rings. The van der Waals surface area contributed by atoms with Crippen LogP contribution in [-0.2, 0) is 13.0 Å². The third kappa shape index (κ3) is 6.99. The molecule has 0 atom stereocenters. The molecule has 2 N–H and O–H groups in total. The lowest BCUT2D eigenvalue weighted by Crippen LogP contribution is -2.53. The first-order valence-electron chi connectivity index (χ1n) is 17.9. The second-order valence-corrected chi connectivity index (χ2v) is 13.8. The number of carboxylic acid groups (broad SMARTS) is 1. The van der Waals surface area contributed by atoms with E-state index in [1.807, 2.05) is 90.7 Å². The number of ether oxygens (including phenoxy) is 1. The zero-order valence-corrected chi connectivity index (χ0v) is 29.8. The van der Waals surface area contributed by atoms with Crippen molar-refractivity contribution in [2.45, 2.75) is 44.7 Å². The molecule has 0 spiro atoms. The van der Waals surface area contributed by atoms with Crippen molar-refractivity contribution in [1.82, 2.24) is 30.0 Å². The van der Waals surface area contributed by atoms with Gasteiger partial charge in [-0.05, 0) is 56.4 Å². The number of piperidine rings is 1. The molecule has 1 saturated heterocycles. The Morgan fingerprint density at radius 1 is 0.925 bits per heavy atom. The first kappa shape index (κ1) is 33.8. The largest absolute Gasteiger partial charge is 0.497 e. The fraction of sp³-hybridized carbons (Fsp3) is 0.268. The molecular formula is C41H41N9O3. The topological polar surface area (TPSA) is 134 Å². The molecule has 2 aliphatic rings. The number of hydrogen-bond donors (Lipinski definition) is 2. The van der Waals surface area contributed by atoms with Crippen LogP contribution in [0.4, 0.5) is 27.9 Å². The molecule has 1 fully saturated rings. The van der Waals surface area contributed by atoms with Crippen LogP contribution in [0.25, 0.3) is 11.2 Å². The van der Waals surface area contributed by atoms with Gasteiger partial charge in [-0.2, -0.15) is 5.10 Å². The van der Waals surface area contributed by atoms with Gasteiger partial charge in [0.25, 0.3) is 0 Å². The summed E-state index contributed by atoms with van der Waals surface area (Å²) < 4.78 is 7.33. The molecule has 12 nitrogen and oxygen atoms in total. The van der Waals surface area contributed by atoms with E-state index in [0.29, 0.717) is 49.5 Å². The summed E-state index contributed by atoms with van der Waals surface area (Å²) in [5.74, 6) is 2.96. The smallest absolute Gasteiger partial charge is 0.405 e. The van der Waals surface area contributed by atoms with Crippen LogP contribution in [0.3, 0.4) is 0 Å². The number of benzene rings is 3. The van der Waals surface area contributed by atoms with Crippen molar-refractivity contribution in [3.8, 4) is 5.75 Å². The van der Waals surface area contributed by atoms with E-state index in [9.17, 15) is 9.90 Å². The third-order valence-corrected chi connectivity index (χ3v) is 10.2. The van der Waals surface area contributed by atoms with Gasteiger partial charge in [-0.25, -0.2) is 29.4 Å². The monoisotopic (exact) mass is 707 g/mol. The van der Waals surface area contributed by atoms with Gasteiger partial charge in [0.2, 0.25) is 0 Å². The summed E-state index contributed by atoms with van der Waals surface area (Å²) in [5.41, 5.74) is 6.95. The van der Waals surface area contributed by atoms with Crippen molar-refractivity contribution in [2.75, 3.05) is 36.5 Å². The number of aliphatic imine (C=N–C) groups is 1. The van der Waals surface area contributed by atoms with E-state index in [0.717, 1.165) is 70.4 Å². The molecule has 12 heteroatoms. The van der Waals surface area contributed by atoms with Gasteiger partial charge in [0.15, 0.2) is 22.8 Å². The molecule has 0 radical (unpaired) electrons. The lowest BCUT2D eigenvalue weighted by atomic mass is 9.90. The van der Waals surface area contributed by atoms with E-state index in [1.165, 1.54) is 0 Å². The van der Waals surface area contributed by atoms with Crippen LogP contribution in [0.15, 0.2) is 108 Å². The lowest BCUT2D eigenvalue weighted by Gasteiger charge is -2.39. The average molecular weight is 708 g/mol. The number of rotatable bonds is 9. The summed E-state index contributed by atoms with van der Waals surface area (Å²) in [6.07, 6.45) is 5.69. The van der Waals surface area contributed by atoms with Crippen molar-refractivity contribution in [3.05, 3.63) is 126 Å². The number of anilines is 3. The van der Waals surface area contributed by atoms with Crippen molar-refractivity contribution >= 4 is 46.1 Å². The Morgan fingerprint density at radius 3 is 2.28 bits per heavy atom. The second kappa shape index (κ2) is 14.4. The van der Waals surface area contributed by atoms with E-state index in [1.54, 1.807) is 7.11 Å². The molecule has 0 unspecified atom stereocenters. The van der Waals surface area contributed by atoms with Gasteiger partial charge in [-0.15, -0.1) is 0 Å². The van der Waals surface area contributed by atoms with Gasteiger partial charge in [0.05, 0.1) is 31.3 Å². The van der Waals surface area contributed by atoms with Crippen molar-refractivity contribution < 1.29 is 14.6 Å². The van der Waals surface area contributed by atoms with Crippen LogP contribution in [0.5, 0.6) is 5.75 Å². The van der Waals surface area contributed by atoms with E-state index >= 15 is 0 Å². The zero-order valence-electron chi connectivity index (χ0n) is 29.8. The van der Waals surface area contributed by atoms with Gasteiger partial charge in [0, 0.05) is 48.1 Å². The van der Waals surface area contributed by atoms with E-state index < -0.39 is 11.6 Å². The Labute approximate surface area is 307 Å². The van der Waals surface area contributed by atoms with E-state index in [2.05, 4.69) is 39.4 Å². The van der Waals surface area contributed by atoms with Gasteiger partial charge < -0.3 is 25.0 Å². The number of aromatic nitrogens is 5. The predicted molar refractivity (Wildman–Crippen MR) is 206 cm³/mol. The van der Waals surface area contributed by atoms with Crippen LogP contribution >= 0.6 is 0 Å². The van der Waals surface area contributed by atoms with E-state index in [4.69, 9.17) is 29.8 Å². The van der Waals surface area contributed by atoms with Gasteiger partial charge in [-0.3, -0.25) is 0 Å². The Kier molecular flexibility index (Phi) is 9.17. The SMILES string of the molecule is COc1ccc(Cn2nc(N3CCCc4c3ccnc4N=C(c3ccccc3)c3ccccc3)c3ncc(N4CCC(C)(NC(=O)O)CC4)nc32)cc1. The summed E-state index contributed by atoms with van der Waals surface area (Å²) in [7, 11) is 1.66. The van der Waals surface area contributed by atoms with Crippen molar-refractivity contribution in [1.29, 1.82) is 0 Å². The Morgan fingerprint density at radius 2 is 1.62 bits per heavy atom. The Balaban J connectivity index is 1.19. The minimum absolute atomic E-state index is 0.481. The van der Waals surface area contributed by atoms with Crippen molar-refractivity contribution in [2.24, 2.45) is 4.99 Å². The van der Waals surface area contributed by atoms with Crippen LogP contribution < -0.4 is 19.9 Å². The Hall–Kier alpha value is -6.30. The molecule has 0 aliphatic carbocycles. The molecule has 3 aromatic carbocycles. The maximum absolute atomic E-state index is 11.4. The fourth-order valence-corrected chi connectivity index (χ4v) is 7.29. The highest BCUT2D eigenvalue weighted by atomic mass is 16.5. The normalized spacial score (nSPS) is 15.1. The number of methoxy groups -OCH3 is 1. The number of carbonyl (C=O) groups is 1. The molecule has 0 saturated carbocycles. The number of nitrogens with one attached hydrogen (secondary N) is 1. The zero-order chi connectivity index (χ0) is 36.4. The molecule has 5 heterocycles. The molecule has 53 heavy (non-hydrogen) atoms. The molecule has 0 bridgehead atoms. The summed E-state index contributed by atoms with van der Waals surface area (Å²) in [4.78, 5) is 36.1. The highest BCUT2D eigenvalue weighted by Gasteiger charge is 2.33.